The highest BCUT2D eigenvalue weighted by atomic mass is 16.5. The lowest BCUT2D eigenvalue weighted by atomic mass is 10.1. The highest BCUT2D eigenvalue weighted by Gasteiger charge is 2.16. The molecule has 0 radical (unpaired) electrons. The number of methoxy groups -OCH3 is 1. The van der Waals surface area contributed by atoms with Crippen LogP contribution in [-0.4, -0.2) is 32.3 Å². The molecule has 0 amide bonds. The lowest BCUT2D eigenvalue weighted by molar-refractivity contribution is 0.0268. The van der Waals surface area contributed by atoms with Crippen LogP contribution in [0.4, 0.5) is 0 Å². The van der Waals surface area contributed by atoms with Gasteiger partial charge in [0.25, 0.3) is 0 Å². The summed E-state index contributed by atoms with van der Waals surface area (Å²) in [5.41, 5.74) is 3.66. The average Bonchev–Trinajstić information content (AvgIpc) is 2.41. The van der Waals surface area contributed by atoms with E-state index in [0.29, 0.717) is 6.54 Å². The molecule has 20 heavy (non-hydrogen) atoms. The summed E-state index contributed by atoms with van der Waals surface area (Å²) < 4.78 is 5.38. The largest absolute Gasteiger partial charge is 0.377 e. The number of nitrogens with one attached hydrogen (secondary N) is 2. The van der Waals surface area contributed by atoms with Gasteiger partial charge in [-0.2, -0.15) is 0 Å². The van der Waals surface area contributed by atoms with Gasteiger partial charge < -0.3 is 15.4 Å². The van der Waals surface area contributed by atoms with Gasteiger partial charge in [0.05, 0.1) is 5.60 Å². The SMILES string of the molecule is CN=C(NCc1ccc(C)cc1C)NCC(C)(C)OC. The molecule has 4 heteroatoms. The van der Waals surface area contributed by atoms with Gasteiger partial charge in [0.15, 0.2) is 5.96 Å². The molecule has 0 heterocycles. The predicted molar refractivity (Wildman–Crippen MR) is 85.2 cm³/mol. The fourth-order valence-corrected chi connectivity index (χ4v) is 1.81. The van der Waals surface area contributed by atoms with Crippen molar-refractivity contribution in [3.05, 3.63) is 34.9 Å². The van der Waals surface area contributed by atoms with E-state index in [1.165, 1.54) is 16.7 Å². The number of benzene rings is 1. The summed E-state index contributed by atoms with van der Waals surface area (Å²) in [7, 11) is 3.49. The number of hydrogen-bond donors (Lipinski definition) is 2. The molecule has 4 nitrogen and oxygen atoms in total. The van der Waals surface area contributed by atoms with Crippen LogP contribution >= 0.6 is 0 Å². The van der Waals surface area contributed by atoms with Crippen LogP contribution in [0.5, 0.6) is 0 Å². The summed E-state index contributed by atoms with van der Waals surface area (Å²) in [5, 5.41) is 6.60. The van der Waals surface area contributed by atoms with Crippen LogP contribution in [0, 0.1) is 13.8 Å². The molecular weight excluding hydrogens is 250 g/mol. The van der Waals surface area contributed by atoms with Gasteiger partial charge in [-0.3, -0.25) is 4.99 Å². The maximum Gasteiger partial charge on any atom is 0.191 e. The van der Waals surface area contributed by atoms with Crippen LogP contribution in [0.25, 0.3) is 0 Å². The molecule has 0 aliphatic heterocycles. The minimum atomic E-state index is -0.211. The van der Waals surface area contributed by atoms with Gasteiger partial charge >= 0.3 is 0 Å². The standard InChI is InChI=1S/C16H27N3O/c1-12-7-8-14(13(2)9-12)10-18-15(17-5)19-11-16(3,4)20-6/h7-9H,10-11H2,1-6H3,(H2,17,18,19). The Labute approximate surface area is 122 Å². The van der Waals surface area contributed by atoms with Crippen molar-refractivity contribution in [1.29, 1.82) is 0 Å². The maximum absolute atomic E-state index is 5.38. The van der Waals surface area contributed by atoms with Crippen molar-refractivity contribution in [3.8, 4) is 0 Å². The van der Waals surface area contributed by atoms with Crippen molar-refractivity contribution < 1.29 is 4.74 Å². The summed E-state index contributed by atoms with van der Waals surface area (Å²) in [5.74, 6) is 0.787. The number of aliphatic imine (C=N–C) groups is 1. The Morgan fingerprint density at radius 3 is 2.50 bits per heavy atom. The maximum atomic E-state index is 5.38. The molecule has 1 aromatic rings. The smallest absolute Gasteiger partial charge is 0.191 e. The van der Waals surface area contributed by atoms with Crippen LogP contribution in [0.3, 0.4) is 0 Å². The summed E-state index contributed by atoms with van der Waals surface area (Å²) in [6.45, 7) is 9.79. The topological polar surface area (TPSA) is 45.7 Å². The molecule has 0 bridgehead atoms. The Hall–Kier alpha value is -1.55. The zero-order valence-electron chi connectivity index (χ0n) is 13.5. The van der Waals surface area contributed by atoms with Crippen molar-refractivity contribution in [1.82, 2.24) is 10.6 Å². The lowest BCUT2D eigenvalue weighted by Gasteiger charge is -2.24. The minimum absolute atomic E-state index is 0.211. The van der Waals surface area contributed by atoms with E-state index in [4.69, 9.17) is 4.74 Å². The second kappa shape index (κ2) is 7.29. The second-order valence-corrected chi connectivity index (χ2v) is 5.67. The summed E-state index contributed by atoms with van der Waals surface area (Å²) in [6, 6.07) is 6.49. The molecule has 1 rings (SSSR count). The Morgan fingerprint density at radius 1 is 1.25 bits per heavy atom. The van der Waals surface area contributed by atoms with E-state index in [2.05, 4.69) is 47.7 Å². The molecule has 1 aromatic carbocycles. The highest BCUT2D eigenvalue weighted by molar-refractivity contribution is 5.79. The number of rotatable bonds is 5. The molecule has 0 spiro atoms. The third kappa shape index (κ3) is 5.21. The van der Waals surface area contributed by atoms with Gasteiger partial charge in [-0.1, -0.05) is 23.8 Å². The van der Waals surface area contributed by atoms with Gasteiger partial charge in [0.1, 0.15) is 0 Å². The number of aryl methyl sites for hydroxylation is 2. The Bertz CT molecular complexity index is 467. The minimum Gasteiger partial charge on any atom is -0.377 e. The van der Waals surface area contributed by atoms with Crippen LogP contribution < -0.4 is 10.6 Å². The number of ether oxygens (including phenoxy) is 1. The van der Waals surface area contributed by atoms with E-state index in [9.17, 15) is 0 Å². The lowest BCUT2D eigenvalue weighted by Crippen LogP contribution is -2.45. The van der Waals surface area contributed by atoms with Crippen molar-refractivity contribution in [2.75, 3.05) is 20.7 Å². The van der Waals surface area contributed by atoms with E-state index < -0.39 is 0 Å². The van der Waals surface area contributed by atoms with Crippen molar-refractivity contribution in [2.45, 2.75) is 39.8 Å². The first-order valence-corrected chi connectivity index (χ1v) is 6.94. The third-order valence-electron chi connectivity index (χ3n) is 3.40. The molecule has 112 valence electrons. The Kier molecular flexibility index (Phi) is 6.02. The number of hydrogen-bond acceptors (Lipinski definition) is 2. The summed E-state index contributed by atoms with van der Waals surface area (Å²) in [4.78, 5) is 4.23. The fourth-order valence-electron chi connectivity index (χ4n) is 1.81. The zero-order valence-corrected chi connectivity index (χ0v) is 13.5. The molecule has 0 atom stereocenters. The second-order valence-electron chi connectivity index (χ2n) is 5.67. The first-order chi connectivity index (χ1) is 9.38. The van der Waals surface area contributed by atoms with Crippen molar-refractivity contribution >= 4 is 5.96 Å². The molecule has 0 saturated carbocycles. The molecule has 0 fully saturated rings. The molecule has 0 aliphatic carbocycles. The molecular formula is C16H27N3O. The molecule has 0 aliphatic rings. The van der Waals surface area contributed by atoms with Crippen LogP contribution in [0.15, 0.2) is 23.2 Å². The monoisotopic (exact) mass is 277 g/mol. The zero-order chi connectivity index (χ0) is 15.2. The fraction of sp³-hybridized carbons (Fsp3) is 0.562. The van der Waals surface area contributed by atoms with Crippen molar-refractivity contribution in [2.24, 2.45) is 4.99 Å². The van der Waals surface area contributed by atoms with E-state index in [0.717, 1.165) is 12.5 Å². The Balaban J connectivity index is 2.54. The van der Waals surface area contributed by atoms with Crippen molar-refractivity contribution in [3.63, 3.8) is 0 Å². The van der Waals surface area contributed by atoms with Crippen LogP contribution in [-0.2, 0) is 11.3 Å². The van der Waals surface area contributed by atoms with E-state index in [1.807, 2.05) is 13.8 Å². The highest BCUT2D eigenvalue weighted by Crippen LogP contribution is 2.10. The van der Waals surface area contributed by atoms with E-state index in [-0.39, 0.29) is 5.60 Å². The van der Waals surface area contributed by atoms with E-state index in [1.54, 1.807) is 14.2 Å². The summed E-state index contributed by atoms with van der Waals surface area (Å²) >= 11 is 0. The van der Waals surface area contributed by atoms with Gasteiger partial charge in [-0.15, -0.1) is 0 Å². The van der Waals surface area contributed by atoms with Gasteiger partial charge in [0.2, 0.25) is 0 Å². The number of nitrogens with zero attached hydrogens (tertiary/aromatic N) is 1. The molecule has 2 N–H and O–H groups in total. The molecule has 0 saturated heterocycles. The third-order valence-corrected chi connectivity index (χ3v) is 3.40. The predicted octanol–water partition coefficient (Wildman–Crippen LogP) is 2.39. The average molecular weight is 277 g/mol. The van der Waals surface area contributed by atoms with Gasteiger partial charge in [-0.05, 0) is 38.8 Å². The normalized spacial score (nSPS) is 12.4. The van der Waals surface area contributed by atoms with Gasteiger partial charge in [-0.25, -0.2) is 0 Å². The Morgan fingerprint density at radius 2 is 1.95 bits per heavy atom. The number of guanidine groups is 1. The molecule has 0 aromatic heterocycles. The first-order valence-electron chi connectivity index (χ1n) is 6.94. The van der Waals surface area contributed by atoms with Crippen LogP contribution in [0.2, 0.25) is 0 Å². The first kappa shape index (κ1) is 16.5. The van der Waals surface area contributed by atoms with E-state index >= 15 is 0 Å². The molecule has 0 unspecified atom stereocenters. The quantitative estimate of drug-likeness (QED) is 0.642. The van der Waals surface area contributed by atoms with Crippen LogP contribution in [0.1, 0.15) is 30.5 Å². The summed E-state index contributed by atoms with van der Waals surface area (Å²) in [6.07, 6.45) is 0. The van der Waals surface area contributed by atoms with Gasteiger partial charge in [0, 0.05) is 27.2 Å².